The summed E-state index contributed by atoms with van der Waals surface area (Å²) < 4.78 is 4.32. The smallest absolute Gasteiger partial charge is 0.310 e. The van der Waals surface area contributed by atoms with Crippen molar-refractivity contribution in [3.8, 4) is 0 Å². The summed E-state index contributed by atoms with van der Waals surface area (Å²) in [6.07, 6.45) is 2.50. The molecule has 0 N–H and O–H groups in total. The van der Waals surface area contributed by atoms with Gasteiger partial charge < -0.3 is 4.74 Å². The van der Waals surface area contributed by atoms with Crippen LogP contribution in [0.25, 0.3) is 0 Å². The fourth-order valence-corrected chi connectivity index (χ4v) is 1.52. The van der Waals surface area contributed by atoms with Crippen LogP contribution in [0.5, 0.6) is 0 Å². The number of ether oxygens (including phenoxy) is 1. The van der Waals surface area contributed by atoms with E-state index in [0.29, 0.717) is 0 Å². The molecule has 0 bridgehead atoms. The van der Waals surface area contributed by atoms with Crippen LogP contribution >= 0.6 is 0 Å². The van der Waals surface area contributed by atoms with Gasteiger partial charge in [0.2, 0.25) is 0 Å². The minimum atomic E-state index is -0.430. The van der Waals surface area contributed by atoms with Gasteiger partial charge in [-0.05, 0) is 19.4 Å². The van der Waals surface area contributed by atoms with Crippen molar-refractivity contribution in [2.24, 2.45) is 0 Å². The normalized spacial score (nSPS) is 11.0. The third-order valence-corrected chi connectivity index (χ3v) is 3.29. The Morgan fingerprint density at radius 2 is 1.41 bits per heavy atom. The topological polar surface area (TPSA) is 97.8 Å². The molecule has 158 valence electrons. The largest absolute Gasteiger partial charge is 0.469 e. The summed E-state index contributed by atoms with van der Waals surface area (Å²) in [5.41, 5.74) is 1.06. The third-order valence-electron chi connectivity index (χ3n) is 3.29. The average Bonchev–Trinajstić information content (AvgIpc) is 3.01. The molecule has 29 heavy (non-hydrogen) atoms. The quantitative estimate of drug-likeness (QED) is 0.331. The zero-order valence-corrected chi connectivity index (χ0v) is 17.9. The number of esters is 1. The summed E-state index contributed by atoms with van der Waals surface area (Å²) in [4.78, 5) is 53.5. The van der Waals surface area contributed by atoms with Crippen LogP contribution in [-0.2, 0) is 23.9 Å². The van der Waals surface area contributed by atoms with E-state index in [1.807, 2.05) is 44.2 Å². The lowest BCUT2D eigenvalue weighted by molar-refractivity contribution is -0.140. The van der Waals surface area contributed by atoms with E-state index in [2.05, 4.69) is 11.3 Å². The highest BCUT2D eigenvalue weighted by Crippen LogP contribution is 2.00. The van der Waals surface area contributed by atoms with Crippen molar-refractivity contribution < 1.29 is 28.7 Å². The van der Waals surface area contributed by atoms with Gasteiger partial charge in [0.15, 0.2) is 11.6 Å². The van der Waals surface area contributed by atoms with E-state index in [9.17, 15) is 24.0 Å². The van der Waals surface area contributed by atoms with Crippen LogP contribution in [0.2, 0.25) is 0 Å². The van der Waals surface area contributed by atoms with Crippen LogP contribution in [0.1, 0.15) is 44.5 Å². The van der Waals surface area contributed by atoms with Gasteiger partial charge in [0.1, 0.15) is 0 Å². The van der Waals surface area contributed by atoms with Gasteiger partial charge in [-0.25, -0.2) is 0 Å². The number of hydrogen-bond donors (Lipinski definition) is 0. The molecule has 7 heteroatoms. The lowest BCUT2D eigenvalue weighted by Crippen LogP contribution is -2.24. The number of carbonyl (C=O) groups is 5. The monoisotopic (exact) mass is 403 g/mol. The number of Topliss-reactive ketones (excluding diaryl/α,β-unsaturated/α-hetero) is 2. The average molecular weight is 403 g/mol. The van der Waals surface area contributed by atoms with Crippen molar-refractivity contribution in [1.82, 2.24) is 4.90 Å². The molecule has 1 aliphatic heterocycles. The molecule has 7 nitrogen and oxygen atoms in total. The highest BCUT2D eigenvalue weighted by Gasteiger charge is 2.17. The van der Waals surface area contributed by atoms with Gasteiger partial charge in [0.25, 0.3) is 11.8 Å². The van der Waals surface area contributed by atoms with Gasteiger partial charge >= 0.3 is 5.97 Å². The van der Waals surface area contributed by atoms with Crippen molar-refractivity contribution in [1.29, 1.82) is 0 Å². The highest BCUT2D eigenvalue weighted by atomic mass is 16.5. The summed E-state index contributed by atoms with van der Waals surface area (Å²) in [5, 5.41) is 0. The molecule has 0 saturated carbocycles. The van der Waals surface area contributed by atoms with E-state index >= 15 is 0 Å². The Labute approximate surface area is 172 Å². The first-order chi connectivity index (χ1) is 13.6. The van der Waals surface area contributed by atoms with Crippen LogP contribution in [-0.4, -0.2) is 48.4 Å². The molecule has 1 aromatic rings. The van der Waals surface area contributed by atoms with E-state index < -0.39 is 5.97 Å². The summed E-state index contributed by atoms with van der Waals surface area (Å²) in [6.45, 7) is 10.3. The van der Waals surface area contributed by atoms with Gasteiger partial charge in [-0.2, -0.15) is 0 Å². The van der Waals surface area contributed by atoms with Crippen LogP contribution in [0.15, 0.2) is 54.6 Å². The van der Waals surface area contributed by atoms with Crippen molar-refractivity contribution in [3.05, 3.63) is 60.2 Å². The van der Waals surface area contributed by atoms with Gasteiger partial charge in [0.05, 0.1) is 13.5 Å². The van der Waals surface area contributed by atoms with E-state index in [0.717, 1.165) is 10.5 Å². The molecule has 0 fully saturated rings. The maximum absolute atomic E-state index is 10.6. The van der Waals surface area contributed by atoms with E-state index in [1.165, 1.54) is 33.2 Å². The Morgan fingerprint density at radius 1 is 0.966 bits per heavy atom. The van der Waals surface area contributed by atoms with Gasteiger partial charge in [0, 0.05) is 24.8 Å². The predicted molar refractivity (Wildman–Crippen MR) is 111 cm³/mol. The predicted octanol–water partition coefficient (Wildman–Crippen LogP) is 3.15. The Kier molecular flexibility index (Phi) is 15.1. The van der Waals surface area contributed by atoms with E-state index in [1.54, 1.807) is 6.92 Å². The molecular formula is C22H29NO6. The summed E-state index contributed by atoms with van der Waals surface area (Å²) in [6, 6.07) is 9.23. The Bertz CT molecular complexity index is 732. The Balaban J connectivity index is 0. The standard InChI is InChI=1S/C8H8O.C7H10O3.C5H5NO2.C2H6/c1-7(9)8-5-3-2-4-6-8;1-5(6(2)8)4-7(9)10-3;1-6-4(7)2-3-5(6)8;1-2/h2-6H,1H3;1,4H2,2-3H3;2-3H,1H3;1-2H3. The van der Waals surface area contributed by atoms with Crippen molar-refractivity contribution in [2.75, 3.05) is 14.2 Å². The minimum Gasteiger partial charge on any atom is -0.469 e. The molecule has 0 unspecified atom stereocenters. The molecule has 1 heterocycles. The third kappa shape index (κ3) is 12.6. The zero-order valence-electron chi connectivity index (χ0n) is 17.9. The fraction of sp³-hybridized carbons (Fsp3) is 0.318. The Hall–Kier alpha value is -3.35. The second-order valence-corrected chi connectivity index (χ2v) is 5.40. The van der Waals surface area contributed by atoms with Crippen LogP contribution in [0.4, 0.5) is 0 Å². The van der Waals surface area contributed by atoms with E-state index in [4.69, 9.17) is 0 Å². The molecule has 2 amide bonds. The molecule has 2 rings (SSSR count). The van der Waals surface area contributed by atoms with Gasteiger partial charge in [-0.1, -0.05) is 50.8 Å². The second kappa shape index (κ2) is 15.7. The molecule has 0 aliphatic carbocycles. The maximum atomic E-state index is 10.6. The van der Waals surface area contributed by atoms with Crippen LogP contribution < -0.4 is 0 Å². The summed E-state index contributed by atoms with van der Waals surface area (Å²) in [7, 11) is 2.72. The molecular weight excluding hydrogens is 374 g/mol. The lowest BCUT2D eigenvalue weighted by Gasteiger charge is -2.01. The van der Waals surface area contributed by atoms with Gasteiger partial charge in [-0.15, -0.1) is 0 Å². The number of nitrogens with zero attached hydrogens (tertiary/aromatic N) is 1. The van der Waals surface area contributed by atoms with Crippen molar-refractivity contribution in [2.45, 2.75) is 34.1 Å². The lowest BCUT2D eigenvalue weighted by atomic mass is 10.1. The number of hydrogen-bond acceptors (Lipinski definition) is 6. The number of imide groups is 1. The van der Waals surface area contributed by atoms with Crippen molar-refractivity contribution in [3.63, 3.8) is 0 Å². The molecule has 0 atom stereocenters. The number of ketones is 2. The SMILES string of the molecule is C=C(CC(=O)OC)C(C)=O.CC.CC(=O)c1ccccc1.CN1C(=O)C=CC1=O. The van der Waals surface area contributed by atoms with Crippen LogP contribution in [0, 0.1) is 0 Å². The molecule has 0 spiro atoms. The first-order valence-electron chi connectivity index (χ1n) is 8.91. The molecule has 1 aliphatic rings. The number of benzene rings is 1. The number of methoxy groups -OCH3 is 1. The molecule has 0 saturated heterocycles. The minimum absolute atomic E-state index is 0.00810. The first kappa shape index (κ1) is 27.9. The fourth-order valence-electron chi connectivity index (χ4n) is 1.52. The summed E-state index contributed by atoms with van der Waals surface area (Å²) >= 11 is 0. The maximum Gasteiger partial charge on any atom is 0.310 e. The highest BCUT2D eigenvalue weighted by molar-refractivity contribution is 6.12. The van der Waals surface area contributed by atoms with Crippen molar-refractivity contribution >= 4 is 29.4 Å². The first-order valence-corrected chi connectivity index (χ1v) is 8.91. The van der Waals surface area contributed by atoms with Crippen LogP contribution in [0.3, 0.4) is 0 Å². The zero-order chi connectivity index (χ0) is 23.0. The molecule has 0 radical (unpaired) electrons. The molecule has 1 aromatic carbocycles. The number of carbonyl (C=O) groups excluding carboxylic acids is 5. The summed E-state index contributed by atoms with van der Waals surface area (Å²) in [5.74, 6) is -0.966. The second-order valence-electron chi connectivity index (χ2n) is 5.40. The number of amides is 2. The Morgan fingerprint density at radius 3 is 1.66 bits per heavy atom. The number of likely N-dealkylation sites (N-methyl/N-ethyl adjacent to an activating group) is 1. The molecule has 0 aromatic heterocycles. The van der Waals surface area contributed by atoms with Gasteiger partial charge in [-0.3, -0.25) is 28.9 Å². The number of rotatable bonds is 4. The van der Waals surface area contributed by atoms with E-state index in [-0.39, 0.29) is 35.4 Å².